The number of hydrogen-bond acceptors (Lipinski definition) is 6. The van der Waals surface area contributed by atoms with Gasteiger partial charge in [-0.25, -0.2) is 14.6 Å². The van der Waals surface area contributed by atoms with Gasteiger partial charge >= 0.3 is 11.9 Å². The van der Waals surface area contributed by atoms with Gasteiger partial charge in [-0.15, -0.1) is 0 Å². The number of nitrogens with one attached hydrogen (secondary N) is 1. The van der Waals surface area contributed by atoms with E-state index in [0.29, 0.717) is 28.8 Å². The van der Waals surface area contributed by atoms with E-state index in [1.165, 1.54) is 18.0 Å². The number of aromatic amines is 1. The van der Waals surface area contributed by atoms with Crippen molar-refractivity contribution >= 4 is 23.7 Å². The Labute approximate surface area is 145 Å². The Morgan fingerprint density at radius 3 is 2.79 bits per heavy atom. The van der Waals surface area contributed by atoms with E-state index in [9.17, 15) is 9.59 Å². The molecule has 0 saturated carbocycles. The molecule has 0 aliphatic heterocycles. The highest BCUT2D eigenvalue weighted by molar-refractivity contribution is 7.98. The second-order valence-electron chi connectivity index (χ2n) is 5.27. The van der Waals surface area contributed by atoms with Crippen LogP contribution in [0.4, 0.5) is 0 Å². The first-order valence-electron chi connectivity index (χ1n) is 7.64. The molecule has 6 nitrogen and oxygen atoms in total. The highest BCUT2D eigenvalue weighted by Gasteiger charge is 2.12. The zero-order chi connectivity index (χ0) is 17.5. The average Bonchev–Trinajstić information content (AvgIpc) is 3.02. The Hall–Kier alpha value is -2.28. The highest BCUT2D eigenvalue weighted by Crippen LogP contribution is 2.21. The number of imidazole rings is 1. The molecule has 0 aliphatic carbocycles. The maximum absolute atomic E-state index is 11.9. The second-order valence-corrected chi connectivity index (χ2v) is 6.23. The monoisotopic (exact) mass is 348 g/mol. The normalized spacial score (nSPS) is 10.7. The summed E-state index contributed by atoms with van der Waals surface area (Å²) in [5, 5.41) is 0.619. The van der Waals surface area contributed by atoms with Crippen LogP contribution in [-0.4, -0.2) is 34.6 Å². The lowest BCUT2D eigenvalue weighted by atomic mass is 10.1. The molecule has 0 saturated heterocycles. The zero-order valence-corrected chi connectivity index (χ0v) is 14.7. The number of rotatable bonds is 7. The average molecular weight is 348 g/mol. The minimum absolute atomic E-state index is 0.153. The molecule has 1 aromatic heterocycles. The number of carbonyl (C=O) groups is 2. The van der Waals surface area contributed by atoms with Crippen LogP contribution in [0.5, 0.6) is 0 Å². The number of hydrogen-bond donors (Lipinski definition) is 1. The summed E-state index contributed by atoms with van der Waals surface area (Å²) in [6.07, 6.45) is 1.30. The molecule has 128 valence electrons. The fraction of sp³-hybridized carbons (Fsp3) is 0.353. The van der Waals surface area contributed by atoms with Gasteiger partial charge < -0.3 is 14.5 Å². The summed E-state index contributed by atoms with van der Waals surface area (Å²) in [7, 11) is 0. The molecular formula is C17H20N2O4S. The summed E-state index contributed by atoms with van der Waals surface area (Å²) in [4.78, 5) is 30.6. The number of H-pyrrole nitrogens is 1. The number of ether oxygens (including phenoxy) is 2. The Morgan fingerprint density at radius 1 is 1.29 bits per heavy atom. The quantitative estimate of drug-likeness (QED) is 0.610. The Morgan fingerprint density at radius 2 is 2.08 bits per heavy atom. The summed E-state index contributed by atoms with van der Waals surface area (Å²) >= 11 is 1.44. The van der Waals surface area contributed by atoms with E-state index in [0.717, 1.165) is 5.56 Å². The molecule has 1 heterocycles. The third kappa shape index (κ3) is 5.13. The zero-order valence-electron chi connectivity index (χ0n) is 13.9. The van der Waals surface area contributed by atoms with Crippen LogP contribution in [0.2, 0.25) is 0 Å². The van der Waals surface area contributed by atoms with Gasteiger partial charge in [0.2, 0.25) is 0 Å². The van der Waals surface area contributed by atoms with Gasteiger partial charge in [0.25, 0.3) is 0 Å². The largest absolute Gasteiger partial charge is 0.461 e. The topological polar surface area (TPSA) is 81.3 Å². The predicted octanol–water partition coefficient (Wildman–Crippen LogP) is 3.44. The van der Waals surface area contributed by atoms with Crippen LogP contribution >= 0.6 is 11.8 Å². The van der Waals surface area contributed by atoms with Crippen LogP contribution in [0, 0.1) is 0 Å². The highest BCUT2D eigenvalue weighted by atomic mass is 32.2. The first-order chi connectivity index (χ1) is 11.5. The molecule has 0 fully saturated rings. The van der Waals surface area contributed by atoms with Gasteiger partial charge in [-0.1, -0.05) is 23.9 Å². The lowest BCUT2D eigenvalue weighted by molar-refractivity contribution is 0.0377. The van der Waals surface area contributed by atoms with Crippen molar-refractivity contribution in [3.63, 3.8) is 0 Å². The van der Waals surface area contributed by atoms with Crippen molar-refractivity contribution in [2.45, 2.75) is 37.8 Å². The Kier molecular flexibility index (Phi) is 6.43. The van der Waals surface area contributed by atoms with E-state index in [2.05, 4.69) is 9.97 Å². The van der Waals surface area contributed by atoms with Gasteiger partial charge in [-0.3, -0.25) is 0 Å². The van der Waals surface area contributed by atoms with Crippen molar-refractivity contribution in [1.29, 1.82) is 0 Å². The second kappa shape index (κ2) is 8.54. The van der Waals surface area contributed by atoms with Gasteiger partial charge in [0.15, 0.2) is 5.16 Å². The number of carbonyl (C=O) groups excluding carboxylic acids is 2. The van der Waals surface area contributed by atoms with Crippen molar-refractivity contribution < 1.29 is 19.1 Å². The number of esters is 2. The Bertz CT molecular complexity index is 712. The number of aromatic nitrogens is 2. The summed E-state index contributed by atoms with van der Waals surface area (Å²) in [6.45, 7) is 5.70. The van der Waals surface area contributed by atoms with Crippen molar-refractivity contribution in [2.75, 3.05) is 6.61 Å². The number of benzene rings is 1. The van der Waals surface area contributed by atoms with Crippen LogP contribution in [0.15, 0.2) is 35.6 Å². The maximum Gasteiger partial charge on any atom is 0.356 e. The molecule has 2 rings (SSSR count). The SMILES string of the molecule is CCOC(=O)c1cnc(SCc2cccc(C(=O)OC(C)C)c2)[nH]1. The first-order valence-corrected chi connectivity index (χ1v) is 8.63. The lowest BCUT2D eigenvalue weighted by Gasteiger charge is -2.08. The molecule has 0 aliphatic rings. The van der Waals surface area contributed by atoms with Crippen LogP contribution in [0.1, 0.15) is 47.2 Å². The van der Waals surface area contributed by atoms with E-state index in [1.807, 2.05) is 26.0 Å². The molecule has 0 radical (unpaired) electrons. The lowest BCUT2D eigenvalue weighted by Crippen LogP contribution is -2.11. The molecule has 0 unspecified atom stereocenters. The summed E-state index contributed by atoms with van der Waals surface area (Å²) in [5.74, 6) is -0.145. The standard InChI is InChI=1S/C17H20N2O4S/c1-4-22-16(21)14-9-18-17(19-14)24-10-12-6-5-7-13(8-12)15(20)23-11(2)3/h5-9,11H,4,10H2,1-3H3,(H,18,19). The number of thioether (sulfide) groups is 1. The number of nitrogens with zero attached hydrogens (tertiary/aromatic N) is 1. The van der Waals surface area contributed by atoms with Gasteiger partial charge in [0.1, 0.15) is 5.69 Å². The van der Waals surface area contributed by atoms with Crippen LogP contribution < -0.4 is 0 Å². The van der Waals surface area contributed by atoms with Crippen LogP contribution in [0.25, 0.3) is 0 Å². The molecular weight excluding hydrogens is 328 g/mol. The molecule has 0 bridgehead atoms. The van der Waals surface area contributed by atoms with Gasteiger partial charge in [-0.2, -0.15) is 0 Å². The van der Waals surface area contributed by atoms with Crippen molar-refractivity contribution in [3.8, 4) is 0 Å². The third-order valence-electron chi connectivity index (χ3n) is 2.93. The molecule has 24 heavy (non-hydrogen) atoms. The van der Waals surface area contributed by atoms with Crippen molar-refractivity contribution in [3.05, 3.63) is 47.3 Å². The minimum atomic E-state index is -0.421. The van der Waals surface area contributed by atoms with Crippen molar-refractivity contribution in [2.24, 2.45) is 0 Å². The fourth-order valence-electron chi connectivity index (χ4n) is 1.91. The first kappa shape index (κ1) is 18.1. The van der Waals surface area contributed by atoms with E-state index < -0.39 is 5.97 Å². The Balaban J connectivity index is 1.97. The summed E-state index contributed by atoms with van der Waals surface area (Å²) in [5.41, 5.74) is 1.81. The molecule has 0 atom stereocenters. The third-order valence-corrected chi connectivity index (χ3v) is 3.89. The smallest absolute Gasteiger partial charge is 0.356 e. The summed E-state index contributed by atoms with van der Waals surface area (Å²) < 4.78 is 10.1. The van der Waals surface area contributed by atoms with Crippen LogP contribution in [-0.2, 0) is 15.2 Å². The van der Waals surface area contributed by atoms with E-state index in [1.54, 1.807) is 19.1 Å². The van der Waals surface area contributed by atoms with E-state index in [4.69, 9.17) is 9.47 Å². The molecule has 1 aromatic carbocycles. The van der Waals surface area contributed by atoms with Gasteiger partial charge in [0.05, 0.1) is 24.5 Å². The summed E-state index contributed by atoms with van der Waals surface area (Å²) in [6, 6.07) is 7.27. The van der Waals surface area contributed by atoms with Crippen LogP contribution in [0.3, 0.4) is 0 Å². The maximum atomic E-state index is 11.9. The predicted molar refractivity (Wildman–Crippen MR) is 91.1 cm³/mol. The molecule has 0 amide bonds. The molecule has 0 spiro atoms. The van der Waals surface area contributed by atoms with Crippen molar-refractivity contribution in [1.82, 2.24) is 9.97 Å². The van der Waals surface area contributed by atoms with E-state index >= 15 is 0 Å². The van der Waals surface area contributed by atoms with E-state index in [-0.39, 0.29) is 12.1 Å². The minimum Gasteiger partial charge on any atom is -0.461 e. The van der Waals surface area contributed by atoms with Gasteiger partial charge in [0, 0.05) is 5.75 Å². The molecule has 7 heteroatoms. The molecule has 1 N–H and O–H groups in total. The fourth-order valence-corrected chi connectivity index (χ4v) is 2.70. The molecule has 2 aromatic rings. The van der Waals surface area contributed by atoms with Gasteiger partial charge in [-0.05, 0) is 38.5 Å².